The van der Waals surface area contributed by atoms with Crippen molar-refractivity contribution in [3.05, 3.63) is 60.7 Å². The van der Waals surface area contributed by atoms with Crippen molar-refractivity contribution in [3.63, 3.8) is 0 Å². The smallest absolute Gasteiger partial charge is 0.252 e. The lowest BCUT2D eigenvalue weighted by Crippen LogP contribution is -2.26. The molecule has 4 rings (SSSR count). The molecule has 0 spiro atoms. The van der Waals surface area contributed by atoms with Gasteiger partial charge in [-0.15, -0.1) is 0 Å². The fourth-order valence-electron chi connectivity index (χ4n) is 2.28. The zero-order chi connectivity index (χ0) is 11.9. The Kier molecular flexibility index (Phi) is 2.00. The number of fused-ring (bicyclic) bond motifs is 2. The Bertz CT molecular complexity index is 569. The summed E-state index contributed by atoms with van der Waals surface area (Å²) in [6.45, 7) is 2.95. The molecule has 3 heteroatoms. The number of hydrogen-bond acceptors (Lipinski definition) is 3. The highest BCUT2D eigenvalue weighted by Crippen LogP contribution is 2.44. The lowest BCUT2D eigenvalue weighted by molar-refractivity contribution is 0.0286. The van der Waals surface area contributed by atoms with Crippen LogP contribution in [-0.4, -0.2) is 6.29 Å². The van der Waals surface area contributed by atoms with Gasteiger partial charge in [0.25, 0.3) is 6.29 Å². The molecule has 2 aromatic carbocycles. The minimum absolute atomic E-state index is 0.117. The van der Waals surface area contributed by atoms with Crippen LogP contribution in [0.3, 0.4) is 0 Å². The molecule has 0 N–H and O–H groups in total. The van der Waals surface area contributed by atoms with Gasteiger partial charge in [-0.1, -0.05) is 30.3 Å². The summed E-state index contributed by atoms with van der Waals surface area (Å²) >= 11 is 0. The molecule has 0 aromatic heterocycles. The molecule has 0 saturated carbocycles. The van der Waals surface area contributed by atoms with Gasteiger partial charge >= 0.3 is 0 Å². The molecule has 18 heavy (non-hydrogen) atoms. The molecule has 1 atom stereocenters. The average molecular weight is 238 g/mol. The lowest BCUT2D eigenvalue weighted by atomic mass is 10.0. The summed E-state index contributed by atoms with van der Waals surface area (Å²) in [5, 5.41) is 0. The molecule has 0 saturated heterocycles. The molecule has 0 fully saturated rings. The zero-order valence-electron chi connectivity index (χ0n) is 9.50. The third-order valence-electron chi connectivity index (χ3n) is 3.16. The molecular formula is C15H10O3. The van der Waals surface area contributed by atoms with Crippen molar-refractivity contribution in [2.24, 2.45) is 0 Å². The van der Waals surface area contributed by atoms with Crippen LogP contribution in [0.2, 0.25) is 0 Å². The van der Waals surface area contributed by atoms with Gasteiger partial charge in [0, 0.05) is 5.56 Å². The summed E-state index contributed by atoms with van der Waals surface area (Å²) in [6, 6.07) is 15.5. The number of hydrogen-bond donors (Lipinski definition) is 0. The topological polar surface area (TPSA) is 27.7 Å². The molecule has 0 bridgehead atoms. The van der Waals surface area contributed by atoms with Gasteiger partial charge in [0.15, 0.2) is 11.5 Å². The maximum absolute atomic E-state index is 5.78. The second-order valence-electron chi connectivity index (χ2n) is 4.29. The highest BCUT2D eigenvalue weighted by Gasteiger charge is 2.39. The largest absolute Gasteiger partial charge is 0.477 e. The van der Waals surface area contributed by atoms with E-state index in [1.54, 1.807) is 0 Å². The van der Waals surface area contributed by atoms with Gasteiger partial charge < -0.3 is 14.2 Å². The summed E-state index contributed by atoms with van der Waals surface area (Å²) in [4.78, 5) is 0. The Morgan fingerprint density at radius 1 is 0.778 bits per heavy atom. The fourth-order valence-corrected chi connectivity index (χ4v) is 2.28. The maximum atomic E-state index is 5.78. The number of ether oxygens (including phenoxy) is 3. The van der Waals surface area contributed by atoms with Gasteiger partial charge in [-0.3, -0.25) is 0 Å². The van der Waals surface area contributed by atoms with Crippen LogP contribution in [0.15, 0.2) is 48.5 Å². The van der Waals surface area contributed by atoms with E-state index in [9.17, 15) is 0 Å². The molecule has 2 aliphatic rings. The van der Waals surface area contributed by atoms with Crippen LogP contribution >= 0.6 is 0 Å². The number of benzene rings is 2. The number of para-hydroxylation sites is 3. The summed E-state index contributed by atoms with van der Waals surface area (Å²) in [5.74, 6) is 2.25. The zero-order valence-corrected chi connectivity index (χ0v) is 9.50. The first-order chi connectivity index (χ1) is 8.92. The lowest BCUT2D eigenvalue weighted by Gasteiger charge is -2.15. The van der Waals surface area contributed by atoms with Gasteiger partial charge in [0.05, 0.1) is 0 Å². The maximum Gasteiger partial charge on any atom is 0.252 e. The fraction of sp³-hybridized carbons (Fsp3) is 0.133. The first-order valence-corrected chi connectivity index (χ1v) is 5.85. The van der Waals surface area contributed by atoms with Crippen LogP contribution in [0.5, 0.6) is 17.2 Å². The molecule has 88 valence electrons. The second kappa shape index (κ2) is 3.67. The SMILES string of the molecule is [C]1Oc2ccccc2C1C1Oc2ccccc2O1. The third kappa shape index (κ3) is 1.37. The van der Waals surface area contributed by atoms with E-state index in [0.717, 1.165) is 22.8 Å². The Hall–Kier alpha value is -2.16. The van der Waals surface area contributed by atoms with E-state index < -0.39 is 6.29 Å². The summed E-state index contributed by atoms with van der Waals surface area (Å²) in [5.41, 5.74) is 1.05. The van der Waals surface area contributed by atoms with Crippen LogP contribution in [0.4, 0.5) is 0 Å². The van der Waals surface area contributed by atoms with Crippen LogP contribution in [0.1, 0.15) is 11.5 Å². The summed E-state index contributed by atoms with van der Waals surface area (Å²) in [6.07, 6.45) is -0.397. The van der Waals surface area contributed by atoms with Crippen molar-refractivity contribution in [1.29, 1.82) is 0 Å². The van der Waals surface area contributed by atoms with Crippen LogP contribution in [0, 0.1) is 6.61 Å². The molecule has 2 aromatic rings. The molecule has 2 aliphatic heterocycles. The van der Waals surface area contributed by atoms with Crippen LogP contribution < -0.4 is 14.2 Å². The van der Waals surface area contributed by atoms with E-state index in [4.69, 9.17) is 14.2 Å². The van der Waals surface area contributed by atoms with Crippen molar-refractivity contribution >= 4 is 0 Å². The Balaban J connectivity index is 1.65. The molecule has 2 radical (unpaired) electrons. The first kappa shape index (κ1) is 9.83. The van der Waals surface area contributed by atoms with E-state index in [1.807, 2.05) is 48.5 Å². The van der Waals surface area contributed by atoms with E-state index in [0.29, 0.717) is 0 Å². The van der Waals surface area contributed by atoms with Crippen molar-refractivity contribution in [1.82, 2.24) is 0 Å². The minimum Gasteiger partial charge on any atom is -0.477 e. The van der Waals surface area contributed by atoms with E-state index in [2.05, 4.69) is 6.61 Å². The summed E-state index contributed by atoms with van der Waals surface area (Å²) in [7, 11) is 0. The van der Waals surface area contributed by atoms with Gasteiger partial charge in [-0.2, -0.15) is 0 Å². The van der Waals surface area contributed by atoms with Crippen molar-refractivity contribution in [2.45, 2.75) is 12.2 Å². The van der Waals surface area contributed by atoms with Gasteiger partial charge in [-0.05, 0) is 18.2 Å². The Morgan fingerprint density at radius 2 is 1.39 bits per heavy atom. The quantitative estimate of drug-likeness (QED) is 0.764. The van der Waals surface area contributed by atoms with E-state index in [-0.39, 0.29) is 5.92 Å². The van der Waals surface area contributed by atoms with Crippen LogP contribution in [-0.2, 0) is 0 Å². The molecule has 1 unspecified atom stereocenters. The Morgan fingerprint density at radius 3 is 2.11 bits per heavy atom. The standard InChI is InChI=1S/C15H10O3/c1-2-6-12-10(5-1)11(9-16-12)15-17-13-7-3-4-8-14(13)18-15/h1-8,11,15H. The normalized spacial score (nSPS) is 20.6. The van der Waals surface area contributed by atoms with Gasteiger partial charge in [0.1, 0.15) is 11.7 Å². The highest BCUT2D eigenvalue weighted by molar-refractivity contribution is 5.46. The van der Waals surface area contributed by atoms with Gasteiger partial charge in [-0.25, -0.2) is 0 Å². The second-order valence-corrected chi connectivity index (χ2v) is 4.29. The van der Waals surface area contributed by atoms with E-state index in [1.165, 1.54) is 0 Å². The first-order valence-electron chi connectivity index (χ1n) is 5.85. The average Bonchev–Trinajstić information content (AvgIpc) is 3.02. The van der Waals surface area contributed by atoms with Crippen molar-refractivity contribution in [3.8, 4) is 17.2 Å². The van der Waals surface area contributed by atoms with E-state index >= 15 is 0 Å². The van der Waals surface area contributed by atoms with Crippen molar-refractivity contribution in [2.75, 3.05) is 0 Å². The number of rotatable bonds is 1. The molecular weight excluding hydrogens is 228 g/mol. The van der Waals surface area contributed by atoms with Gasteiger partial charge in [0.2, 0.25) is 6.61 Å². The molecule has 0 aliphatic carbocycles. The minimum atomic E-state index is -0.397. The van der Waals surface area contributed by atoms with Crippen molar-refractivity contribution < 1.29 is 14.2 Å². The molecule has 2 heterocycles. The summed E-state index contributed by atoms with van der Waals surface area (Å²) < 4.78 is 17.0. The highest BCUT2D eigenvalue weighted by atomic mass is 16.7. The third-order valence-corrected chi connectivity index (χ3v) is 3.16. The van der Waals surface area contributed by atoms with Crippen LogP contribution in [0.25, 0.3) is 0 Å². The molecule has 0 amide bonds. The predicted molar refractivity (Wildman–Crippen MR) is 64.5 cm³/mol. The monoisotopic (exact) mass is 238 g/mol. The molecule has 3 nitrogen and oxygen atoms in total. The predicted octanol–water partition coefficient (Wildman–Crippen LogP) is 3.00. The Labute approximate surface area is 105 Å².